The summed E-state index contributed by atoms with van der Waals surface area (Å²) >= 11 is 9.03. The van der Waals surface area contributed by atoms with Gasteiger partial charge in [0.1, 0.15) is 5.69 Å². The molecular weight excluding hydrogens is 267 g/mol. The van der Waals surface area contributed by atoms with Gasteiger partial charge in [0, 0.05) is 17.2 Å². The number of rotatable bonds is 3. The van der Waals surface area contributed by atoms with Gasteiger partial charge in [-0.05, 0) is 22.0 Å². The Morgan fingerprint density at radius 1 is 1.79 bits per heavy atom. The molecule has 0 fully saturated rings. The molecule has 0 aliphatic heterocycles. The Morgan fingerprint density at radius 3 is 3.07 bits per heavy atom. The van der Waals surface area contributed by atoms with Crippen molar-refractivity contribution in [1.82, 2.24) is 10.3 Å². The smallest absolute Gasteiger partial charge is 0.271 e. The van der Waals surface area contributed by atoms with Crippen LogP contribution >= 0.6 is 27.5 Å². The molecule has 0 aromatic carbocycles. The zero-order valence-corrected chi connectivity index (χ0v) is 9.60. The maximum atomic E-state index is 11.4. The first-order valence-electron chi connectivity index (χ1n) is 3.85. The number of amides is 1. The Kier molecular flexibility index (Phi) is 4.10. The van der Waals surface area contributed by atoms with Gasteiger partial charge in [0.25, 0.3) is 5.91 Å². The standard InChI is InChI=1S/C9H8BrClN2O/c1-2-3-12-9(14)8-7(11)4-6(10)5-13-8/h2,4-5H,1,3H2,(H,12,14). The maximum Gasteiger partial charge on any atom is 0.271 e. The second kappa shape index (κ2) is 5.12. The third kappa shape index (κ3) is 2.82. The van der Waals surface area contributed by atoms with Crippen molar-refractivity contribution in [3.05, 3.63) is 40.1 Å². The number of nitrogens with zero attached hydrogens (tertiary/aromatic N) is 1. The van der Waals surface area contributed by atoms with Gasteiger partial charge in [-0.2, -0.15) is 0 Å². The summed E-state index contributed by atoms with van der Waals surface area (Å²) in [5.41, 5.74) is 0.219. The van der Waals surface area contributed by atoms with Gasteiger partial charge < -0.3 is 5.32 Å². The third-order valence-electron chi connectivity index (χ3n) is 1.43. The fourth-order valence-corrected chi connectivity index (χ4v) is 1.55. The van der Waals surface area contributed by atoms with E-state index < -0.39 is 0 Å². The monoisotopic (exact) mass is 274 g/mol. The van der Waals surface area contributed by atoms with Gasteiger partial charge in [0.2, 0.25) is 0 Å². The Morgan fingerprint density at radius 2 is 2.50 bits per heavy atom. The molecule has 1 aromatic heterocycles. The molecule has 0 atom stereocenters. The van der Waals surface area contributed by atoms with E-state index in [1.165, 1.54) is 6.20 Å². The van der Waals surface area contributed by atoms with Crippen molar-refractivity contribution >= 4 is 33.4 Å². The zero-order valence-electron chi connectivity index (χ0n) is 7.26. The zero-order chi connectivity index (χ0) is 10.6. The highest BCUT2D eigenvalue weighted by Crippen LogP contribution is 2.18. The molecule has 0 spiro atoms. The van der Waals surface area contributed by atoms with E-state index in [0.29, 0.717) is 11.6 Å². The number of carbonyl (C=O) groups is 1. The van der Waals surface area contributed by atoms with Gasteiger partial charge in [-0.3, -0.25) is 4.79 Å². The van der Waals surface area contributed by atoms with Crippen LogP contribution in [0.3, 0.4) is 0 Å². The topological polar surface area (TPSA) is 42.0 Å². The van der Waals surface area contributed by atoms with Crippen LogP contribution < -0.4 is 5.32 Å². The summed E-state index contributed by atoms with van der Waals surface area (Å²) in [5.74, 6) is -0.303. The Bertz CT molecular complexity index is 368. The lowest BCUT2D eigenvalue weighted by Gasteiger charge is -2.03. The van der Waals surface area contributed by atoms with Crippen molar-refractivity contribution < 1.29 is 4.79 Å². The lowest BCUT2D eigenvalue weighted by molar-refractivity contribution is 0.0953. The van der Waals surface area contributed by atoms with Crippen molar-refractivity contribution in [2.24, 2.45) is 0 Å². The van der Waals surface area contributed by atoms with Crippen molar-refractivity contribution in [2.45, 2.75) is 0 Å². The minimum Gasteiger partial charge on any atom is -0.347 e. The van der Waals surface area contributed by atoms with Crippen molar-refractivity contribution in [3.63, 3.8) is 0 Å². The molecule has 1 N–H and O–H groups in total. The predicted molar refractivity (Wildman–Crippen MR) is 59.5 cm³/mol. The molecule has 0 bridgehead atoms. The first-order valence-corrected chi connectivity index (χ1v) is 5.02. The van der Waals surface area contributed by atoms with E-state index in [-0.39, 0.29) is 11.6 Å². The number of carbonyl (C=O) groups excluding carboxylic acids is 1. The van der Waals surface area contributed by atoms with Gasteiger partial charge in [-0.25, -0.2) is 4.98 Å². The maximum absolute atomic E-state index is 11.4. The quantitative estimate of drug-likeness (QED) is 0.861. The summed E-state index contributed by atoms with van der Waals surface area (Å²) in [7, 11) is 0. The summed E-state index contributed by atoms with van der Waals surface area (Å²) < 4.78 is 0.739. The van der Waals surface area contributed by atoms with E-state index in [9.17, 15) is 4.79 Å². The molecule has 0 aliphatic rings. The number of nitrogens with one attached hydrogen (secondary N) is 1. The van der Waals surface area contributed by atoms with Crippen LogP contribution in [0.5, 0.6) is 0 Å². The van der Waals surface area contributed by atoms with Crippen molar-refractivity contribution in [2.75, 3.05) is 6.54 Å². The van der Waals surface area contributed by atoms with Crippen LogP contribution in [0.1, 0.15) is 10.5 Å². The Hall–Kier alpha value is -0.870. The summed E-state index contributed by atoms with van der Waals surface area (Å²) in [6, 6.07) is 1.62. The van der Waals surface area contributed by atoms with Crippen LogP contribution in [-0.4, -0.2) is 17.4 Å². The molecule has 0 unspecified atom stereocenters. The van der Waals surface area contributed by atoms with Crippen molar-refractivity contribution in [1.29, 1.82) is 0 Å². The molecule has 1 aromatic rings. The SMILES string of the molecule is C=CCNC(=O)c1ncc(Br)cc1Cl. The van der Waals surface area contributed by atoms with Gasteiger partial charge >= 0.3 is 0 Å². The number of pyridine rings is 1. The number of hydrogen-bond acceptors (Lipinski definition) is 2. The second-order valence-corrected chi connectivity index (χ2v) is 3.81. The van der Waals surface area contributed by atoms with Crippen LogP contribution in [0, 0.1) is 0 Å². The number of hydrogen-bond donors (Lipinski definition) is 1. The fourth-order valence-electron chi connectivity index (χ4n) is 0.830. The highest BCUT2D eigenvalue weighted by atomic mass is 79.9. The van der Waals surface area contributed by atoms with E-state index in [2.05, 4.69) is 32.8 Å². The molecule has 3 nitrogen and oxygen atoms in total. The van der Waals surface area contributed by atoms with E-state index in [1.807, 2.05) is 0 Å². The van der Waals surface area contributed by atoms with E-state index in [1.54, 1.807) is 12.1 Å². The molecule has 5 heteroatoms. The lowest BCUT2D eigenvalue weighted by atomic mass is 10.3. The Labute approximate surface area is 95.3 Å². The molecule has 14 heavy (non-hydrogen) atoms. The van der Waals surface area contributed by atoms with E-state index >= 15 is 0 Å². The molecule has 0 aliphatic carbocycles. The molecule has 0 saturated heterocycles. The molecule has 1 rings (SSSR count). The highest BCUT2D eigenvalue weighted by Gasteiger charge is 2.10. The highest BCUT2D eigenvalue weighted by molar-refractivity contribution is 9.10. The van der Waals surface area contributed by atoms with Gasteiger partial charge in [0.05, 0.1) is 5.02 Å². The molecule has 1 amide bonds. The molecule has 0 radical (unpaired) electrons. The molecular formula is C9H8BrClN2O. The van der Waals surface area contributed by atoms with Crippen LogP contribution in [-0.2, 0) is 0 Å². The third-order valence-corrected chi connectivity index (χ3v) is 2.15. The summed E-state index contributed by atoms with van der Waals surface area (Å²) in [6.07, 6.45) is 3.11. The number of halogens is 2. The van der Waals surface area contributed by atoms with Gasteiger partial charge in [-0.15, -0.1) is 6.58 Å². The minimum atomic E-state index is -0.303. The van der Waals surface area contributed by atoms with Crippen LogP contribution in [0.2, 0.25) is 5.02 Å². The first-order chi connectivity index (χ1) is 6.65. The largest absolute Gasteiger partial charge is 0.347 e. The van der Waals surface area contributed by atoms with Gasteiger partial charge in [-0.1, -0.05) is 17.7 Å². The summed E-state index contributed by atoms with van der Waals surface area (Å²) in [4.78, 5) is 15.3. The van der Waals surface area contributed by atoms with Gasteiger partial charge in [0.15, 0.2) is 0 Å². The lowest BCUT2D eigenvalue weighted by Crippen LogP contribution is -2.24. The fraction of sp³-hybridized carbons (Fsp3) is 0.111. The normalized spacial score (nSPS) is 9.57. The van der Waals surface area contributed by atoms with Crippen LogP contribution in [0.15, 0.2) is 29.4 Å². The van der Waals surface area contributed by atoms with Crippen LogP contribution in [0.25, 0.3) is 0 Å². The first kappa shape index (κ1) is 11.2. The van der Waals surface area contributed by atoms with Crippen LogP contribution in [0.4, 0.5) is 0 Å². The average molecular weight is 276 g/mol. The minimum absolute atomic E-state index is 0.219. The molecule has 1 heterocycles. The Balaban J connectivity index is 2.84. The second-order valence-electron chi connectivity index (χ2n) is 2.48. The van der Waals surface area contributed by atoms with E-state index in [4.69, 9.17) is 11.6 Å². The average Bonchev–Trinajstić information content (AvgIpc) is 2.14. The summed E-state index contributed by atoms with van der Waals surface area (Å²) in [5, 5.41) is 2.91. The predicted octanol–water partition coefficient (Wildman–Crippen LogP) is 2.41. The molecule has 74 valence electrons. The summed E-state index contributed by atoms with van der Waals surface area (Å²) in [6.45, 7) is 3.88. The van der Waals surface area contributed by atoms with Crippen molar-refractivity contribution in [3.8, 4) is 0 Å². The molecule has 0 saturated carbocycles. The number of aromatic nitrogens is 1. The van der Waals surface area contributed by atoms with E-state index in [0.717, 1.165) is 4.47 Å².